The quantitative estimate of drug-likeness (QED) is 0.728. The fraction of sp³-hybridized carbons (Fsp3) is 0.154. The van der Waals surface area contributed by atoms with Crippen LogP contribution < -0.4 is 10.0 Å². The Kier molecular flexibility index (Phi) is 5.12. The molecule has 2 aromatic rings. The zero-order valence-electron chi connectivity index (χ0n) is 11.1. The maximum Gasteiger partial charge on any atom is 0.279 e. The van der Waals surface area contributed by atoms with Gasteiger partial charge in [-0.05, 0) is 59.5 Å². The van der Waals surface area contributed by atoms with E-state index in [-0.39, 0.29) is 5.03 Å². The van der Waals surface area contributed by atoms with Gasteiger partial charge in [-0.25, -0.2) is 9.37 Å². The van der Waals surface area contributed by atoms with E-state index in [0.717, 1.165) is 5.56 Å². The van der Waals surface area contributed by atoms with Crippen LogP contribution in [0.15, 0.2) is 41.6 Å². The maximum atomic E-state index is 13.0. The maximum absolute atomic E-state index is 13.0. The van der Waals surface area contributed by atoms with Crippen LogP contribution in [0.3, 0.4) is 0 Å². The van der Waals surface area contributed by atoms with Gasteiger partial charge in [0.05, 0.1) is 5.69 Å². The molecular weight excluding hydrogens is 408 g/mol. The van der Waals surface area contributed by atoms with Crippen LogP contribution in [-0.4, -0.2) is 20.4 Å². The van der Waals surface area contributed by atoms with Crippen LogP contribution in [-0.2, 0) is 16.6 Å². The predicted octanol–water partition coefficient (Wildman–Crippen LogP) is 2.35. The molecule has 2 rings (SSSR count). The van der Waals surface area contributed by atoms with Gasteiger partial charge in [0.25, 0.3) is 10.0 Å². The first-order valence-electron chi connectivity index (χ1n) is 6.00. The summed E-state index contributed by atoms with van der Waals surface area (Å²) in [6, 6.07) is 6.95. The van der Waals surface area contributed by atoms with Crippen molar-refractivity contribution in [3.8, 4) is 0 Å². The highest BCUT2D eigenvalue weighted by Gasteiger charge is 2.17. The molecule has 0 radical (unpaired) electrons. The predicted molar refractivity (Wildman–Crippen MR) is 86.9 cm³/mol. The van der Waals surface area contributed by atoms with Crippen LogP contribution >= 0.6 is 22.6 Å². The van der Waals surface area contributed by atoms with E-state index >= 15 is 0 Å². The van der Waals surface area contributed by atoms with Crippen molar-refractivity contribution in [3.05, 3.63) is 51.5 Å². The van der Waals surface area contributed by atoms with Crippen LogP contribution in [0.1, 0.15) is 5.56 Å². The van der Waals surface area contributed by atoms with Gasteiger partial charge < -0.3 is 5.32 Å². The molecule has 0 aliphatic carbocycles. The minimum Gasteiger partial charge on any atom is -0.316 e. The SMILES string of the molecule is CNCc1ccc(S(=O)(=O)Nc2ccc(F)cc2I)nc1. The third-order valence-corrected chi connectivity index (χ3v) is 4.80. The summed E-state index contributed by atoms with van der Waals surface area (Å²) in [5.41, 5.74) is 1.20. The second kappa shape index (κ2) is 6.67. The number of sulfonamides is 1. The van der Waals surface area contributed by atoms with E-state index in [9.17, 15) is 12.8 Å². The number of nitrogens with one attached hydrogen (secondary N) is 2. The van der Waals surface area contributed by atoms with E-state index in [1.807, 2.05) is 22.6 Å². The van der Waals surface area contributed by atoms with Gasteiger partial charge >= 0.3 is 0 Å². The van der Waals surface area contributed by atoms with Crippen molar-refractivity contribution in [1.29, 1.82) is 0 Å². The van der Waals surface area contributed by atoms with E-state index in [1.165, 1.54) is 30.5 Å². The van der Waals surface area contributed by atoms with Gasteiger partial charge in [0.15, 0.2) is 5.03 Å². The lowest BCUT2D eigenvalue weighted by Gasteiger charge is -2.09. The second-order valence-electron chi connectivity index (χ2n) is 4.26. The third-order valence-electron chi connectivity index (χ3n) is 2.63. The van der Waals surface area contributed by atoms with Crippen molar-refractivity contribution in [2.75, 3.05) is 11.8 Å². The topological polar surface area (TPSA) is 71.1 Å². The smallest absolute Gasteiger partial charge is 0.279 e. The zero-order chi connectivity index (χ0) is 15.5. The van der Waals surface area contributed by atoms with Crippen LogP contribution in [0, 0.1) is 9.39 Å². The van der Waals surface area contributed by atoms with Crippen molar-refractivity contribution in [3.63, 3.8) is 0 Å². The van der Waals surface area contributed by atoms with Crippen molar-refractivity contribution in [2.24, 2.45) is 0 Å². The molecule has 0 spiro atoms. The Morgan fingerprint density at radius 2 is 2.05 bits per heavy atom. The molecule has 5 nitrogen and oxygen atoms in total. The van der Waals surface area contributed by atoms with E-state index in [2.05, 4.69) is 15.0 Å². The van der Waals surface area contributed by atoms with Gasteiger partial charge in [0.2, 0.25) is 0 Å². The average Bonchev–Trinajstić information content (AvgIpc) is 2.43. The molecule has 0 fully saturated rings. The first-order valence-corrected chi connectivity index (χ1v) is 8.56. The number of benzene rings is 1. The minimum atomic E-state index is -3.79. The Morgan fingerprint density at radius 3 is 2.62 bits per heavy atom. The Balaban J connectivity index is 2.25. The Labute approximate surface area is 136 Å². The lowest BCUT2D eigenvalue weighted by Crippen LogP contribution is -2.15. The summed E-state index contributed by atoms with van der Waals surface area (Å²) in [6.07, 6.45) is 1.50. The number of hydrogen-bond donors (Lipinski definition) is 2. The largest absolute Gasteiger partial charge is 0.316 e. The molecule has 0 bridgehead atoms. The summed E-state index contributed by atoms with van der Waals surface area (Å²) in [5.74, 6) is -0.420. The average molecular weight is 421 g/mol. The molecule has 0 aliphatic rings. The molecule has 1 aromatic heterocycles. The van der Waals surface area contributed by atoms with Crippen molar-refractivity contribution in [1.82, 2.24) is 10.3 Å². The van der Waals surface area contributed by atoms with Gasteiger partial charge in [-0.2, -0.15) is 8.42 Å². The number of rotatable bonds is 5. The van der Waals surface area contributed by atoms with Gasteiger partial charge in [-0.1, -0.05) is 6.07 Å². The van der Waals surface area contributed by atoms with Crippen molar-refractivity contribution in [2.45, 2.75) is 11.6 Å². The van der Waals surface area contributed by atoms with E-state index in [0.29, 0.717) is 15.8 Å². The molecule has 2 N–H and O–H groups in total. The number of hydrogen-bond acceptors (Lipinski definition) is 4. The fourth-order valence-corrected chi connectivity index (χ4v) is 3.45. The lowest BCUT2D eigenvalue weighted by molar-refractivity contribution is 0.597. The molecule has 0 unspecified atom stereocenters. The highest BCUT2D eigenvalue weighted by Crippen LogP contribution is 2.22. The lowest BCUT2D eigenvalue weighted by atomic mass is 10.3. The minimum absolute atomic E-state index is 0.0810. The molecule has 0 aliphatic heterocycles. The number of aromatic nitrogens is 1. The van der Waals surface area contributed by atoms with Crippen molar-refractivity contribution >= 4 is 38.3 Å². The number of anilines is 1. The molecule has 0 atom stereocenters. The monoisotopic (exact) mass is 421 g/mol. The summed E-state index contributed by atoms with van der Waals surface area (Å²) in [6.45, 7) is 0.608. The highest BCUT2D eigenvalue weighted by atomic mass is 127. The van der Waals surface area contributed by atoms with E-state index in [4.69, 9.17) is 0 Å². The van der Waals surface area contributed by atoms with Crippen molar-refractivity contribution < 1.29 is 12.8 Å². The number of nitrogens with zero attached hydrogens (tertiary/aromatic N) is 1. The molecule has 112 valence electrons. The standard InChI is InChI=1S/C13H13FIN3O2S/c1-16-7-9-2-5-13(17-8-9)21(19,20)18-12-4-3-10(14)6-11(12)15/h2-6,8,16,18H,7H2,1H3. The highest BCUT2D eigenvalue weighted by molar-refractivity contribution is 14.1. The number of pyridine rings is 1. The summed E-state index contributed by atoms with van der Waals surface area (Å²) in [4.78, 5) is 3.95. The molecule has 21 heavy (non-hydrogen) atoms. The number of halogens is 2. The van der Waals surface area contributed by atoms with E-state index in [1.54, 1.807) is 13.1 Å². The molecule has 0 saturated heterocycles. The Bertz CT molecular complexity index is 736. The first kappa shape index (κ1) is 16.1. The molecule has 0 saturated carbocycles. The molecule has 1 aromatic carbocycles. The summed E-state index contributed by atoms with van der Waals surface area (Å²) >= 11 is 1.87. The summed E-state index contributed by atoms with van der Waals surface area (Å²) in [7, 11) is -1.99. The summed E-state index contributed by atoms with van der Waals surface area (Å²) in [5, 5.41) is 2.87. The normalized spacial score (nSPS) is 11.4. The molecule has 1 heterocycles. The van der Waals surface area contributed by atoms with Gasteiger partial charge in [0.1, 0.15) is 5.82 Å². The molecular formula is C13H13FIN3O2S. The third kappa shape index (κ3) is 4.11. The Morgan fingerprint density at radius 1 is 1.29 bits per heavy atom. The second-order valence-corrected chi connectivity index (χ2v) is 7.06. The Hall–Kier alpha value is -1.26. The van der Waals surface area contributed by atoms with Crippen LogP contribution in [0.4, 0.5) is 10.1 Å². The van der Waals surface area contributed by atoms with Gasteiger partial charge in [-0.3, -0.25) is 4.72 Å². The molecule has 0 amide bonds. The van der Waals surface area contributed by atoms with Gasteiger partial charge in [0, 0.05) is 16.3 Å². The van der Waals surface area contributed by atoms with E-state index < -0.39 is 15.8 Å². The van der Waals surface area contributed by atoms with Crippen LogP contribution in [0.5, 0.6) is 0 Å². The van der Waals surface area contributed by atoms with Crippen LogP contribution in [0.25, 0.3) is 0 Å². The molecule has 8 heteroatoms. The first-order chi connectivity index (χ1) is 9.92. The fourth-order valence-electron chi connectivity index (χ4n) is 1.65. The summed E-state index contributed by atoms with van der Waals surface area (Å²) < 4.78 is 40.3. The zero-order valence-corrected chi connectivity index (χ0v) is 14.1. The van der Waals surface area contributed by atoms with Crippen LogP contribution in [0.2, 0.25) is 0 Å². The van der Waals surface area contributed by atoms with Gasteiger partial charge in [-0.15, -0.1) is 0 Å².